The second-order valence-corrected chi connectivity index (χ2v) is 4.10. The first-order chi connectivity index (χ1) is 7.93. The van der Waals surface area contributed by atoms with Crippen LogP contribution in [0.4, 0.5) is 0 Å². The molecule has 0 rings (SSSR count). The van der Waals surface area contributed by atoms with Crippen molar-refractivity contribution in [3.05, 3.63) is 22.1 Å². The molecule has 0 aliphatic carbocycles. The van der Waals surface area contributed by atoms with Gasteiger partial charge in [0.2, 0.25) is 0 Å². The summed E-state index contributed by atoms with van der Waals surface area (Å²) >= 11 is 5.93. The van der Waals surface area contributed by atoms with Gasteiger partial charge in [-0.05, 0) is 16.9 Å². The van der Waals surface area contributed by atoms with Crippen molar-refractivity contribution in [3.8, 4) is 0 Å². The summed E-state index contributed by atoms with van der Waals surface area (Å²) in [5.74, 6) is -1.10. The van der Waals surface area contributed by atoms with Crippen LogP contribution in [0.2, 0.25) is 0 Å². The van der Waals surface area contributed by atoms with Crippen molar-refractivity contribution in [2.24, 2.45) is 0 Å². The number of amides is 2. The number of hydrogen-bond donors (Lipinski definition) is 0. The SMILES string of the molecule is CC(=O)CN(C(=O)/C=C/Br)N(C)C(=O)/C=C/Br. The molecule has 17 heavy (non-hydrogen) atoms. The number of ketones is 1. The Morgan fingerprint density at radius 3 is 1.94 bits per heavy atom. The van der Waals surface area contributed by atoms with Crippen LogP contribution in [-0.4, -0.2) is 41.2 Å². The zero-order valence-electron chi connectivity index (χ0n) is 9.39. The summed E-state index contributed by atoms with van der Waals surface area (Å²) in [5, 5.41) is 2.13. The van der Waals surface area contributed by atoms with Crippen LogP contribution in [0.25, 0.3) is 0 Å². The summed E-state index contributed by atoms with van der Waals surface area (Å²) in [6.45, 7) is 1.19. The van der Waals surface area contributed by atoms with Crippen molar-refractivity contribution >= 4 is 49.5 Å². The molecule has 0 N–H and O–H groups in total. The lowest BCUT2D eigenvalue weighted by atomic mass is 10.4. The van der Waals surface area contributed by atoms with Gasteiger partial charge in [0.1, 0.15) is 6.54 Å². The molecule has 0 spiro atoms. The number of carbonyl (C=O) groups excluding carboxylic acids is 3. The van der Waals surface area contributed by atoms with Crippen molar-refractivity contribution in [1.29, 1.82) is 0 Å². The second kappa shape index (κ2) is 8.19. The summed E-state index contributed by atoms with van der Waals surface area (Å²) in [5.41, 5.74) is 0. The first-order valence-corrected chi connectivity index (χ1v) is 6.39. The summed E-state index contributed by atoms with van der Waals surface area (Å²) in [6.07, 6.45) is 2.45. The van der Waals surface area contributed by atoms with E-state index in [4.69, 9.17) is 0 Å². The number of nitrogens with zero attached hydrogens (tertiary/aromatic N) is 2. The van der Waals surface area contributed by atoms with Crippen LogP contribution in [0.15, 0.2) is 22.1 Å². The van der Waals surface area contributed by atoms with Crippen molar-refractivity contribution in [3.63, 3.8) is 0 Å². The molecule has 0 bridgehead atoms. The molecule has 0 aliphatic heterocycles. The van der Waals surface area contributed by atoms with Gasteiger partial charge in [-0.3, -0.25) is 19.4 Å². The summed E-state index contributed by atoms with van der Waals surface area (Å²) in [6, 6.07) is 0. The minimum absolute atomic E-state index is 0.158. The smallest absolute Gasteiger partial charge is 0.266 e. The molecular formula is C10H12Br2N2O3. The Morgan fingerprint density at radius 2 is 1.53 bits per heavy atom. The van der Waals surface area contributed by atoms with Gasteiger partial charge in [-0.25, -0.2) is 5.01 Å². The van der Waals surface area contributed by atoms with Gasteiger partial charge in [0.05, 0.1) is 0 Å². The highest BCUT2D eigenvalue weighted by molar-refractivity contribution is 9.11. The molecular weight excluding hydrogens is 356 g/mol. The van der Waals surface area contributed by atoms with Crippen molar-refractivity contribution < 1.29 is 14.4 Å². The normalized spacial score (nSPS) is 10.8. The monoisotopic (exact) mass is 366 g/mol. The first-order valence-electron chi connectivity index (χ1n) is 4.56. The van der Waals surface area contributed by atoms with E-state index in [0.717, 1.165) is 10.0 Å². The number of Topliss-reactive ketones (excluding diaryl/α,β-unsaturated/α-hetero) is 1. The van der Waals surface area contributed by atoms with Gasteiger partial charge in [0.25, 0.3) is 11.8 Å². The van der Waals surface area contributed by atoms with Crippen LogP contribution >= 0.6 is 31.9 Å². The fourth-order valence-corrected chi connectivity index (χ4v) is 1.42. The predicted molar refractivity (Wildman–Crippen MR) is 71.3 cm³/mol. The molecule has 0 aromatic rings. The molecule has 0 aromatic carbocycles. The fourth-order valence-electron chi connectivity index (χ4n) is 0.963. The van der Waals surface area contributed by atoms with E-state index in [1.54, 1.807) is 0 Å². The highest BCUT2D eigenvalue weighted by atomic mass is 79.9. The Kier molecular flexibility index (Phi) is 7.73. The Balaban J connectivity index is 4.96. The minimum Gasteiger partial charge on any atom is -0.298 e. The van der Waals surface area contributed by atoms with Gasteiger partial charge in [-0.1, -0.05) is 31.9 Å². The van der Waals surface area contributed by atoms with Crippen LogP contribution in [0.3, 0.4) is 0 Å². The maximum absolute atomic E-state index is 11.7. The van der Waals surface area contributed by atoms with Crippen molar-refractivity contribution in [2.45, 2.75) is 6.92 Å². The van der Waals surface area contributed by atoms with E-state index in [1.165, 1.54) is 36.1 Å². The van der Waals surface area contributed by atoms with Crippen LogP contribution in [0.5, 0.6) is 0 Å². The van der Waals surface area contributed by atoms with E-state index in [1.807, 2.05) is 0 Å². The molecule has 0 saturated carbocycles. The quantitative estimate of drug-likeness (QED) is 0.560. The molecule has 0 fully saturated rings. The van der Waals surface area contributed by atoms with Crippen molar-refractivity contribution in [2.75, 3.05) is 13.6 Å². The van der Waals surface area contributed by atoms with Crippen molar-refractivity contribution in [1.82, 2.24) is 10.0 Å². The van der Waals surface area contributed by atoms with E-state index in [9.17, 15) is 14.4 Å². The van der Waals surface area contributed by atoms with Crippen LogP contribution < -0.4 is 0 Å². The van der Waals surface area contributed by atoms with E-state index in [-0.39, 0.29) is 12.3 Å². The standard InChI is InChI=1S/C10H12Br2N2O3/c1-8(15)7-14(10(17)4-6-12)13(2)9(16)3-5-11/h3-6H,7H2,1-2H3/b5-3+,6-4+. The molecule has 0 radical (unpaired) electrons. The fraction of sp³-hybridized carbons (Fsp3) is 0.300. The van der Waals surface area contributed by atoms with E-state index in [0.29, 0.717) is 0 Å². The molecule has 0 heterocycles. The number of hydrogen-bond acceptors (Lipinski definition) is 3. The molecule has 2 amide bonds. The van der Waals surface area contributed by atoms with Gasteiger partial charge in [0.15, 0.2) is 5.78 Å². The number of halogens is 2. The zero-order valence-corrected chi connectivity index (χ0v) is 12.6. The summed E-state index contributed by atoms with van der Waals surface area (Å²) < 4.78 is 0. The third-order valence-electron chi connectivity index (χ3n) is 1.72. The molecule has 0 aromatic heterocycles. The third-order valence-corrected chi connectivity index (χ3v) is 2.25. The Hall–Kier alpha value is -0.950. The Morgan fingerprint density at radius 1 is 1.06 bits per heavy atom. The number of rotatable bonds is 4. The number of hydrazine groups is 1. The van der Waals surface area contributed by atoms with E-state index < -0.39 is 11.8 Å². The average molecular weight is 368 g/mol. The predicted octanol–water partition coefficient (Wildman–Crippen LogP) is 1.59. The van der Waals surface area contributed by atoms with Gasteiger partial charge in [-0.2, -0.15) is 0 Å². The van der Waals surface area contributed by atoms with Gasteiger partial charge < -0.3 is 0 Å². The maximum Gasteiger partial charge on any atom is 0.266 e. The topological polar surface area (TPSA) is 57.7 Å². The lowest BCUT2D eigenvalue weighted by molar-refractivity contribution is -0.156. The number of likely N-dealkylation sites (N-methyl/N-ethyl adjacent to an activating group) is 1. The Bertz CT molecular complexity index is 367. The molecule has 5 nitrogen and oxygen atoms in total. The largest absolute Gasteiger partial charge is 0.298 e. The van der Waals surface area contributed by atoms with Crippen LogP contribution in [-0.2, 0) is 14.4 Å². The molecule has 0 aliphatic rings. The number of carbonyl (C=O) groups is 3. The third kappa shape index (κ3) is 5.78. The summed E-state index contributed by atoms with van der Waals surface area (Å²) in [7, 11) is 1.41. The second-order valence-electron chi connectivity index (χ2n) is 3.05. The molecule has 0 unspecified atom stereocenters. The van der Waals surface area contributed by atoms with Crippen LogP contribution in [0.1, 0.15) is 6.92 Å². The highest BCUT2D eigenvalue weighted by Gasteiger charge is 2.20. The van der Waals surface area contributed by atoms with E-state index >= 15 is 0 Å². The highest BCUT2D eigenvalue weighted by Crippen LogP contribution is 2.01. The van der Waals surface area contributed by atoms with Crippen LogP contribution in [0, 0.1) is 0 Å². The zero-order chi connectivity index (χ0) is 13.4. The average Bonchev–Trinajstić information content (AvgIpc) is 2.25. The van der Waals surface area contributed by atoms with Gasteiger partial charge in [0, 0.05) is 19.2 Å². The molecule has 7 heteroatoms. The van der Waals surface area contributed by atoms with E-state index in [2.05, 4.69) is 31.9 Å². The summed E-state index contributed by atoms with van der Waals surface area (Å²) in [4.78, 5) is 37.0. The first kappa shape index (κ1) is 16.1. The minimum atomic E-state index is -0.462. The van der Waals surface area contributed by atoms with Gasteiger partial charge >= 0.3 is 0 Å². The molecule has 94 valence electrons. The Labute approximate surface area is 116 Å². The molecule has 0 atom stereocenters. The lowest BCUT2D eigenvalue weighted by Gasteiger charge is -2.29. The maximum atomic E-state index is 11.7. The molecule has 0 saturated heterocycles. The lowest BCUT2D eigenvalue weighted by Crippen LogP contribution is -2.48. The van der Waals surface area contributed by atoms with Gasteiger partial charge in [-0.15, -0.1) is 0 Å².